The van der Waals surface area contributed by atoms with E-state index < -0.39 is 75.0 Å². The maximum Gasteiger partial charge on any atom is 0.338 e. The minimum absolute atomic E-state index is 0.0297. The number of anilines is 1. The summed E-state index contributed by atoms with van der Waals surface area (Å²) in [5.74, 6) is 0.0984. The van der Waals surface area contributed by atoms with Crippen molar-refractivity contribution in [1.29, 1.82) is 0 Å². The third-order valence-corrected chi connectivity index (χ3v) is 8.93. The number of aromatic amines is 1. The van der Waals surface area contributed by atoms with Gasteiger partial charge in [-0.05, 0) is 6.07 Å². The number of aromatic nitrogens is 7. The van der Waals surface area contributed by atoms with Gasteiger partial charge in [-0.15, -0.1) is 0 Å². The lowest BCUT2D eigenvalue weighted by atomic mass is 10.1. The highest BCUT2D eigenvalue weighted by Gasteiger charge is 2.55. The summed E-state index contributed by atoms with van der Waals surface area (Å²) in [6.07, 6.45) is -4.72. The topological polar surface area (TPSA) is 266 Å². The molecule has 0 aromatic carbocycles. The number of ether oxygens (including phenoxy) is 2. The molecular weight excluding hydrogens is 555 g/mol. The fourth-order valence-corrected chi connectivity index (χ4v) is 6.71. The van der Waals surface area contributed by atoms with Crippen LogP contribution in [0.4, 0.5) is 5.82 Å². The van der Waals surface area contributed by atoms with Crippen LogP contribution >= 0.6 is 7.60 Å². The van der Waals surface area contributed by atoms with Crippen LogP contribution in [0.2, 0.25) is 0 Å². The Morgan fingerprint density at radius 1 is 1.00 bits per heavy atom. The molecule has 0 spiro atoms. The quantitative estimate of drug-likeness (QED) is 0.112. The fraction of sp³-hybridized carbons (Fsp3) is 0.476. The van der Waals surface area contributed by atoms with Crippen molar-refractivity contribution in [2.24, 2.45) is 0 Å². The predicted molar refractivity (Wildman–Crippen MR) is 133 cm³/mol. The number of rotatable bonds is 7. The first-order valence-electron chi connectivity index (χ1n) is 12.0. The molecule has 18 nitrogen and oxygen atoms in total. The van der Waals surface area contributed by atoms with Gasteiger partial charge in [0.15, 0.2) is 29.4 Å². The molecule has 9 atom stereocenters. The number of hydrogen-bond acceptors (Lipinski definition) is 14. The van der Waals surface area contributed by atoms with Crippen LogP contribution in [0.25, 0.3) is 22.2 Å². The summed E-state index contributed by atoms with van der Waals surface area (Å²) in [5.41, 5.74) is 4.43. The molecule has 0 saturated carbocycles. The maximum absolute atomic E-state index is 13.5. The normalized spacial score (nSPS) is 32.2. The fourth-order valence-electron chi connectivity index (χ4n) is 5.06. The molecule has 0 bridgehead atoms. The predicted octanol–water partition coefficient (Wildman–Crippen LogP) is -2.41. The van der Waals surface area contributed by atoms with E-state index in [2.05, 4.69) is 24.9 Å². The summed E-state index contributed by atoms with van der Waals surface area (Å²) in [5, 5.41) is 41.8. The molecular formula is C21H25N8O10P. The number of aliphatic hydroxyl groups excluding tert-OH is 4. The van der Waals surface area contributed by atoms with Crippen molar-refractivity contribution in [3.63, 3.8) is 0 Å². The first kappa shape index (κ1) is 26.9. The molecule has 8 N–H and O–H groups in total. The maximum atomic E-state index is 13.5. The second kappa shape index (κ2) is 9.95. The van der Waals surface area contributed by atoms with Crippen molar-refractivity contribution >= 4 is 35.6 Å². The molecule has 19 heteroatoms. The number of imidazole rings is 2. The molecule has 0 aliphatic carbocycles. The van der Waals surface area contributed by atoms with Crippen molar-refractivity contribution in [2.45, 2.75) is 48.6 Å². The summed E-state index contributed by atoms with van der Waals surface area (Å²) in [6.45, 7) is -1.34. The molecule has 4 aromatic heterocycles. The zero-order chi connectivity index (χ0) is 28.3. The summed E-state index contributed by atoms with van der Waals surface area (Å²) < 4.78 is 32.9. The number of H-pyrrole nitrogens is 1. The average molecular weight is 580 g/mol. The van der Waals surface area contributed by atoms with Crippen molar-refractivity contribution in [3.05, 3.63) is 41.6 Å². The van der Waals surface area contributed by atoms with E-state index in [9.17, 15) is 34.7 Å². The third kappa shape index (κ3) is 4.21. The highest BCUT2D eigenvalue weighted by atomic mass is 31.2. The van der Waals surface area contributed by atoms with Crippen LogP contribution in [0.15, 0.2) is 36.0 Å². The Labute approximate surface area is 223 Å². The highest BCUT2D eigenvalue weighted by molar-refractivity contribution is 7.53. The standard InChI is InChI=1S/C21H25N8O10P/c22-17-12-18(25-5-24-17)29(7-27-12)20-15(33)13(31)10(39-20)4-37-40(35,36)16-14(32)9(3-30)38-21(16)28-6-26-11-8(28)1-2-23-19(11)34/h1-2,5-7,9-10,13-16,20-21,30-33H,3-4H2,(H,23,34)(H,35,36)(H2,22,24,25)/t9-,10-,13-,14-,15-,16-,20-,21-/m1/s1. The molecule has 2 aliphatic rings. The van der Waals surface area contributed by atoms with Gasteiger partial charge in [-0.1, -0.05) is 0 Å². The smallest absolute Gasteiger partial charge is 0.338 e. The molecule has 0 radical (unpaired) electrons. The van der Waals surface area contributed by atoms with E-state index in [1.807, 2.05) is 0 Å². The summed E-state index contributed by atoms with van der Waals surface area (Å²) in [4.78, 5) is 41.6. The van der Waals surface area contributed by atoms with Crippen LogP contribution in [0.5, 0.6) is 0 Å². The molecule has 6 heterocycles. The zero-order valence-electron chi connectivity index (χ0n) is 20.4. The summed E-state index contributed by atoms with van der Waals surface area (Å²) in [6, 6.07) is 1.49. The van der Waals surface area contributed by atoms with Crippen molar-refractivity contribution < 1.29 is 43.9 Å². The minimum atomic E-state index is -4.81. The molecule has 40 heavy (non-hydrogen) atoms. The van der Waals surface area contributed by atoms with Crippen LogP contribution in [0.1, 0.15) is 12.5 Å². The molecule has 6 rings (SSSR count). The monoisotopic (exact) mass is 580 g/mol. The Bertz CT molecular complexity index is 1660. The Balaban J connectivity index is 1.24. The number of nitrogens with two attached hydrogens (primary N) is 1. The van der Waals surface area contributed by atoms with Gasteiger partial charge in [0, 0.05) is 6.20 Å². The Morgan fingerprint density at radius 3 is 2.50 bits per heavy atom. The van der Waals surface area contributed by atoms with E-state index >= 15 is 0 Å². The van der Waals surface area contributed by atoms with Crippen LogP contribution in [0.3, 0.4) is 0 Å². The number of nitrogens with zero attached hydrogens (tertiary/aromatic N) is 6. The van der Waals surface area contributed by atoms with E-state index in [0.717, 1.165) is 0 Å². The van der Waals surface area contributed by atoms with Gasteiger partial charge in [-0.3, -0.25) is 13.9 Å². The largest absolute Gasteiger partial charge is 0.394 e. The molecule has 2 saturated heterocycles. The molecule has 1 unspecified atom stereocenters. The number of nitrogen functional groups attached to an aromatic ring is 1. The number of aliphatic hydroxyl groups is 4. The second-order valence-corrected chi connectivity index (χ2v) is 11.4. The first-order valence-corrected chi connectivity index (χ1v) is 13.7. The van der Waals surface area contributed by atoms with Gasteiger partial charge in [0.05, 0.1) is 31.4 Å². The Kier molecular flexibility index (Phi) is 6.68. The van der Waals surface area contributed by atoms with Crippen LogP contribution in [-0.4, -0.2) is 109 Å². The second-order valence-electron chi connectivity index (χ2n) is 9.41. The lowest BCUT2D eigenvalue weighted by molar-refractivity contribution is -0.0496. The van der Waals surface area contributed by atoms with Gasteiger partial charge in [-0.2, -0.15) is 0 Å². The lowest BCUT2D eigenvalue weighted by Gasteiger charge is -2.27. The van der Waals surface area contributed by atoms with Crippen LogP contribution < -0.4 is 11.3 Å². The molecule has 0 amide bonds. The van der Waals surface area contributed by atoms with Crippen LogP contribution in [-0.2, 0) is 18.6 Å². The zero-order valence-corrected chi connectivity index (χ0v) is 21.3. The van der Waals surface area contributed by atoms with Gasteiger partial charge >= 0.3 is 7.60 Å². The Hall–Kier alpha value is -3.32. The van der Waals surface area contributed by atoms with Gasteiger partial charge in [0.25, 0.3) is 5.56 Å². The van der Waals surface area contributed by atoms with Gasteiger partial charge in [-0.25, -0.2) is 19.9 Å². The molecule has 4 aromatic rings. The van der Waals surface area contributed by atoms with Crippen LogP contribution in [0, 0.1) is 0 Å². The minimum Gasteiger partial charge on any atom is -0.394 e. The highest BCUT2D eigenvalue weighted by Crippen LogP contribution is 2.57. The van der Waals surface area contributed by atoms with Crippen molar-refractivity contribution in [1.82, 2.24) is 34.1 Å². The number of fused-ring (bicyclic) bond motifs is 2. The summed E-state index contributed by atoms with van der Waals surface area (Å²) in [7, 11) is -4.81. The van der Waals surface area contributed by atoms with E-state index in [4.69, 9.17) is 19.7 Å². The molecule has 2 fully saturated rings. The van der Waals surface area contributed by atoms with E-state index in [-0.39, 0.29) is 28.0 Å². The van der Waals surface area contributed by atoms with E-state index in [1.165, 1.54) is 40.4 Å². The van der Waals surface area contributed by atoms with Crippen molar-refractivity contribution in [2.75, 3.05) is 18.9 Å². The Morgan fingerprint density at radius 2 is 1.73 bits per heavy atom. The van der Waals surface area contributed by atoms with Crippen molar-refractivity contribution in [3.8, 4) is 0 Å². The summed E-state index contributed by atoms with van der Waals surface area (Å²) >= 11 is 0. The molecule has 214 valence electrons. The van der Waals surface area contributed by atoms with E-state index in [0.29, 0.717) is 0 Å². The first-order chi connectivity index (χ1) is 19.1. The molecule has 2 aliphatic heterocycles. The van der Waals surface area contributed by atoms with E-state index in [1.54, 1.807) is 0 Å². The van der Waals surface area contributed by atoms with Gasteiger partial charge < -0.3 is 54.6 Å². The third-order valence-electron chi connectivity index (χ3n) is 7.09. The SMILES string of the molecule is Nc1ncnc2c1ncn2[C@@H]1O[C@H](COP(=O)(O)[C@@H]2[C@H](O)[C@@H](CO)O[C@H]2n2cnc3c(=O)[nH]ccc32)[C@@H](O)[C@H]1O. The van der Waals surface area contributed by atoms with Gasteiger partial charge in [0.1, 0.15) is 48.0 Å². The number of hydrogen-bond donors (Lipinski definition) is 7. The average Bonchev–Trinajstić information content (AvgIpc) is 3.68. The number of nitrogens with one attached hydrogen (secondary N) is 1. The lowest BCUT2D eigenvalue weighted by Crippen LogP contribution is -2.36. The number of pyridine rings is 1. The van der Waals surface area contributed by atoms with Gasteiger partial charge in [0.2, 0.25) is 0 Å².